The molecule has 0 aliphatic carbocycles. The lowest BCUT2D eigenvalue weighted by Gasteiger charge is -2.30. The average Bonchev–Trinajstić information content (AvgIpc) is 2.55. The van der Waals surface area contributed by atoms with Crippen LogP contribution in [-0.2, 0) is 14.3 Å². The third-order valence-electron chi connectivity index (χ3n) is 3.90. The molecular formula is C18H27N3O3. The van der Waals surface area contributed by atoms with Crippen molar-refractivity contribution in [3.63, 3.8) is 0 Å². The fourth-order valence-electron chi connectivity index (χ4n) is 2.77. The van der Waals surface area contributed by atoms with E-state index in [9.17, 15) is 9.59 Å². The molecule has 0 spiro atoms. The third kappa shape index (κ3) is 5.23. The third-order valence-corrected chi connectivity index (χ3v) is 3.90. The van der Waals surface area contributed by atoms with Crippen LogP contribution in [0.4, 0.5) is 11.4 Å². The van der Waals surface area contributed by atoms with Crippen LogP contribution in [0.5, 0.6) is 0 Å². The number of nitrogens with zero attached hydrogens (tertiary/aromatic N) is 2. The molecule has 1 aliphatic rings. The van der Waals surface area contributed by atoms with Crippen LogP contribution in [0.1, 0.15) is 20.8 Å². The van der Waals surface area contributed by atoms with Crippen LogP contribution >= 0.6 is 0 Å². The minimum absolute atomic E-state index is 0.0744. The summed E-state index contributed by atoms with van der Waals surface area (Å²) in [5, 5.41) is 2.95. The molecule has 0 atom stereocenters. The number of carbonyl (C=O) groups excluding carboxylic acids is 2. The molecule has 6 heteroatoms. The number of benzene rings is 1. The van der Waals surface area contributed by atoms with E-state index in [-0.39, 0.29) is 18.4 Å². The van der Waals surface area contributed by atoms with E-state index in [1.807, 2.05) is 38.1 Å². The van der Waals surface area contributed by atoms with Crippen molar-refractivity contribution in [1.82, 2.24) is 4.90 Å². The van der Waals surface area contributed by atoms with Crippen molar-refractivity contribution >= 4 is 23.2 Å². The normalized spacial score (nSPS) is 14.6. The first kappa shape index (κ1) is 18.3. The molecule has 1 aromatic carbocycles. The predicted molar refractivity (Wildman–Crippen MR) is 95.2 cm³/mol. The van der Waals surface area contributed by atoms with Gasteiger partial charge in [-0.05, 0) is 18.1 Å². The molecule has 1 aromatic rings. The van der Waals surface area contributed by atoms with Crippen LogP contribution in [-0.4, -0.2) is 56.1 Å². The van der Waals surface area contributed by atoms with E-state index in [0.29, 0.717) is 25.7 Å². The topological polar surface area (TPSA) is 61.9 Å². The highest BCUT2D eigenvalue weighted by Crippen LogP contribution is 2.26. The highest BCUT2D eigenvalue weighted by molar-refractivity contribution is 5.97. The van der Waals surface area contributed by atoms with Crippen LogP contribution in [0.15, 0.2) is 24.3 Å². The van der Waals surface area contributed by atoms with Gasteiger partial charge in [0.1, 0.15) is 0 Å². The zero-order valence-electron chi connectivity index (χ0n) is 14.7. The van der Waals surface area contributed by atoms with Crippen LogP contribution in [0, 0.1) is 5.92 Å². The molecule has 2 rings (SSSR count). The van der Waals surface area contributed by atoms with Crippen LogP contribution in [0.25, 0.3) is 0 Å². The molecule has 2 amide bonds. The second-order valence-electron chi connectivity index (χ2n) is 6.46. The summed E-state index contributed by atoms with van der Waals surface area (Å²) in [4.78, 5) is 27.9. The summed E-state index contributed by atoms with van der Waals surface area (Å²) in [6, 6.07) is 7.75. The molecule has 6 nitrogen and oxygen atoms in total. The lowest BCUT2D eigenvalue weighted by molar-refractivity contribution is -0.133. The Balaban J connectivity index is 2.04. The minimum Gasteiger partial charge on any atom is -0.378 e. The molecule has 1 N–H and O–H groups in total. The van der Waals surface area contributed by atoms with E-state index in [0.717, 1.165) is 24.5 Å². The fraction of sp³-hybridized carbons (Fsp3) is 0.556. The highest BCUT2D eigenvalue weighted by Gasteiger charge is 2.18. The number of morpholine rings is 1. The Kier molecular flexibility index (Phi) is 6.61. The molecule has 0 unspecified atom stereocenters. The lowest BCUT2D eigenvalue weighted by atomic mass is 10.2. The predicted octanol–water partition coefficient (Wildman–Crippen LogP) is 1.97. The maximum Gasteiger partial charge on any atom is 0.244 e. The Morgan fingerprint density at radius 1 is 1.25 bits per heavy atom. The van der Waals surface area contributed by atoms with Crippen LogP contribution < -0.4 is 10.2 Å². The molecule has 1 saturated heterocycles. The van der Waals surface area contributed by atoms with Gasteiger partial charge in [0.15, 0.2) is 0 Å². The molecule has 0 bridgehead atoms. The minimum atomic E-state index is -0.174. The molecule has 24 heavy (non-hydrogen) atoms. The first-order valence-corrected chi connectivity index (χ1v) is 8.44. The van der Waals surface area contributed by atoms with Gasteiger partial charge < -0.3 is 19.9 Å². The largest absolute Gasteiger partial charge is 0.378 e. The van der Waals surface area contributed by atoms with Crippen molar-refractivity contribution in [2.24, 2.45) is 5.92 Å². The van der Waals surface area contributed by atoms with Gasteiger partial charge in [0, 0.05) is 26.6 Å². The second kappa shape index (κ2) is 8.68. The Morgan fingerprint density at radius 3 is 2.54 bits per heavy atom. The highest BCUT2D eigenvalue weighted by atomic mass is 16.5. The summed E-state index contributed by atoms with van der Waals surface area (Å²) in [7, 11) is 0. The smallest absolute Gasteiger partial charge is 0.244 e. The first-order valence-electron chi connectivity index (χ1n) is 8.44. The molecule has 132 valence electrons. The van der Waals surface area contributed by atoms with E-state index in [4.69, 9.17) is 4.74 Å². The standard InChI is InChI=1S/C18H27N3O3/c1-14(2)12-21(15(3)22)13-18(23)19-16-6-4-5-7-17(16)20-8-10-24-11-9-20/h4-7,14H,8-13H2,1-3H3,(H,19,23). The SMILES string of the molecule is CC(=O)N(CC(=O)Nc1ccccc1N1CCOCC1)CC(C)C. The summed E-state index contributed by atoms with van der Waals surface area (Å²) in [6.45, 7) is 9.20. The van der Waals surface area contributed by atoms with Gasteiger partial charge in [-0.2, -0.15) is 0 Å². The van der Waals surface area contributed by atoms with Crippen LogP contribution in [0.3, 0.4) is 0 Å². The quantitative estimate of drug-likeness (QED) is 0.864. The summed E-state index contributed by atoms with van der Waals surface area (Å²) in [5.74, 6) is 0.0641. The van der Waals surface area contributed by atoms with Gasteiger partial charge in [-0.25, -0.2) is 0 Å². The number of ether oxygens (including phenoxy) is 1. The summed E-state index contributed by atoms with van der Waals surface area (Å²) in [5.41, 5.74) is 1.77. The van der Waals surface area contributed by atoms with Crippen molar-refractivity contribution in [3.05, 3.63) is 24.3 Å². The number of amides is 2. The number of anilines is 2. The molecule has 1 fully saturated rings. The first-order chi connectivity index (χ1) is 11.5. The van der Waals surface area contributed by atoms with Crippen molar-refractivity contribution in [3.8, 4) is 0 Å². The van der Waals surface area contributed by atoms with Gasteiger partial charge in [-0.1, -0.05) is 26.0 Å². The Bertz CT molecular complexity index is 568. The molecule has 0 aromatic heterocycles. The van der Waals surface area contributed by atoms with Gasteiger partial charge in [-0.15, -0.1) is 0 Å². The number of nitrogens with one attached hydrogen (secondary N) is 1. The van der Waals surface area contributed by atoms with Crippen LogP contribution in [0.2, 0.25) is 0 Å². The summed E-state index contributed by atoms with van der Waals surface area (Å²) in [6.07, 6.45) is 0. The van der Waals surface area contributed by atoms with E-state index >= 15 is 0 Å². The number of hydrogen-bond acceptors (Lipinski definition) is 4. The van der Waals surface area contributed by atoms with Crippen molar-refractivity contribution in [2.45, 2.75) is 20.8 Å². The summed E-state index contributed by atoms with van der Waals surface area (Å²) >= 11 is 0. The van der Waals surface area contributed by atoms with Crippen molar-refractivity contribution in [1.29, 1.82) is 0 Å². The van der Waals surface area contributed by atoms with E-state index in [1.165, 1.54) is 6.92 Å². The zero-order chi connectivity index (χ0) is 17.5. The van der Waals surface area contributed by atoms with Gasteiger partial charge >= 0.3 is 0 Å². The number of rotatable bonds is 6. The maximum atomic E-state index is 12.4. The number of carbonyl (C=O) groups is 2. The molecular weight excluding hydrogens is 306 g/mol. The van der Waals surface area contributed by atoms with Crippen molar-refractivity contribution in [2.75, 3.05) is 49.6 Å². The lowest BCUT2D eigenvalue weighted by Crippen LogP contribution is -2.39. The monoisotopic (exact) mass is 333 g/mol. The van der Waals surface area contributed by atoms with E-state index in [2.05, 4.69) is 10.2 Å². The second-order valence-corrected chi connectivity index (χ2v) is 6.46. The molecule has 0 saturated carbocycles. The maximum absolute atomic E-state index is 12.4. The molecule has 1 heterocycles. The van der Waals surface area contributed by atoms with Gasteiger partial charge in [0.25, 0.3) is 0 Å². The Morgan fingerprint density at radius 2 is 1.92 bits per heavy atom. The van der Waals surface area contributed by atoms with E-state index in [1.54, 1.807) is 4.90 Å². The Labute approximate surface area is 143 Å². The number of para-hydroxylation sites is 2. The molecule has 0 radical (unpaired) electrons. The zero-order valence-corrected chi connectivity index (χ0v) is 14.7. The van der Waals surface area contributed by atoms with Gasteiger partial charge in [0.2, 0.25) is 11.8 Å². The van der Waals surface area contributed by atoms with Gasteiger partial charge in [0.05, 0.1) is 31.1 Å². The van der Waals surface area contributed by atoms with Crippen molar-refractivity contribution < 1.29 is 14.3 Å². The molecule has 1 aliphatic heterocycles. The van der Waals surface area contributed by atoms with E-state index < -0.39 is 0 Å². The number of hydrogen-bond donors (Lipinski definition) is 1. The van der Waals surface area contributed by atoms with Gasteiger partial charge in [-0.3, -0.25) is 9.59 Å². The Hall–Kier alpha value is -2.08. The summed E-state index contributed by atoms with van der Waals surface area (Å²) < 4.78 is 5.38. The average molecular weight is 333 g/mol. The fourth-order valence-corrected chi connectivity index (χ4v) is 2.77.